The summed E-state index contributed by atoms with van der Waals surface area (Å²) in [5.41, 5.74) is 5.15. The number of hydrogen-bond donors (Lipinski definition) is 0. The Kier molecular flexibility index (Phi) is 2.11. The zero-order valence-corrected chi connectivity index (χ0v) is 10.6. The summed E-state index contributed by atoms with van der Waals surface area (Å²) in [5, 5.41) is 1.14. The second-order valence-electron chi connectivity index (χ2n) is 4.47. The van der Waals surface area contributed by atoms with Crippen molar-refractivity contribution < 1.29 is 0 Å². The Morgan fingerprint density at radius 3 is 2.72 bits per heavy atom. The number of allylic oxidation sites excluding steroid dienone is 1. The highest BCUT2D eigenvalue weighted by molar-refractivity contribution is 7.19. The van der Waals surface area contributed by atoms with E-state index in [-0.39, 0.29) is 0 Å². The molecule has 1 aliphatic carbocycles. The largest absolute Gasteiger partial charge is 0.236 e. The van der Waals surface area contributed by atoms with Gasteiger partial charge in [-0.3, -0.25) is 0 Å². The number of benzene rings is 2. The number of rotatable bonds is 1. The summed E-state index contributed by atoms with van der Waals surface area (Å²) < 4.78 is 1.26. The molecule has 2 heteroatoms. The minimum Gasteiger partial charge on any atom is -0.236 e. The molecule has 0 radical (unpaired) electrons. The Balaban J connectivity index is 1.89. The van der Waals surface area contributed by atoms with Crippen molar-refractivity contribution in [2.45, 2.75) is 6.42 Å². The van der Waals surface area contributed by atoms with Crippen LogP contribution < -0.4 is 0 Å². The fraction of sp³-hybridized carbons (Fsp3) is 0.0625. The first-order chi connectivity index (χ1) is 8.92. The van der Waals surface area contributed by atoms with Gasteiger partial charge in [0.15, 0.2) is 0 Å². The maximum absolute atomic E-state index is 4.74. The smallest absolute Gasteiger partial charge is 0.124 e. The van der Waals surface area contributed by atoms with E-state index in [4.69, 9.17) is 4.98 Å². The van der Waals surface area contributed by atoms with E-state index < -0.39 is 0 Å². The Labute approximate surface area is 109 Å². The zero-order valence-electron chi connectivity index (χ0n) is 9.76. The van der Waals surface area contributed by atoms with E-state index >= 15 is 0 Å². The molecule has 0 bridgehead atoms. The predicted molar refractivity (Wildman–Crippen MR) is 76.8 cm³/mol. The molecule has 0 N–H and O–H groups in total. The third-order valence-electron chi connectivity index (χ3n) is 3.36. The van der Waals surface area contributed by atoms with Gasteiger partial charge in [-0.2, -0.15) is 0 Å². The summed E-state index contributed by atoms with van der Waals surface area (Å²) in [5.74, 6) is 0. The molecule has 86 valence electrons. The minimum absolute atomic E-state index is 1.03. The standard InChI is InChI=1S/C16H11NS/c1-2-6-12-11(5-1)9-10-13(12)16-17-14-7-3-4-8-15(14)18-16/h1-8,10H,9H2. The molecule has 0 amide bonds. The first kappa shape index (κ1) is 10.0. The van der Waals surface area contributed by atoms with Gasteiger partial charge in [0.1, 0.15) is 5.01 Å². The molecular weight excluding hydrogens is 238 g/mol. The molecule has 0 fully saturated rings. The summed E-state index contributed by atoms with van der Waals surface area (Å²) in [6.07, 6.45) is 3.32. The molecule has 0 spiro atoms. The average Bonchev–Trinajstić information content (AvgIpc) is 3.02. The Hall–Kier alpha value is -1.93. The van der Waals surface area contributed by atoms with Crippen LogP contribution in [0, 0.1) is 0 Å². The molecule has 1 aliphatic rings. The van der Waals surface area contributed by atoms with Crippen LogP contribution in [-0.4, -0.2) is 4.98 Å². The number of nitrogens with zero attached hydrogens (tertiary/aromatic N) is 1. The number of hydrogen-bond acceptors (Lipinski definition) is 2. The lowest BCUT2D eigenvalue weighted by Gasteiger charge is -2.01. The number of para-hydroxylation sites is 1. The fourth-order valence-corrected chi connectivity index (χ4v) is 3.49. The highest BCUT2D eigenvalue weighted by Crippen LogP contribution is 2.36. The Morgan fingerprint density at radius 2 is 1.78 bits per heavy atom. The van der Waals surface area contributed by atoms with Crippen molar-refractivity contribution in [1.82, 2.24) is 4.98 Å². The summed E-state index contributed by atoms with van der Waals surface area (Å²) in [6.45, 7) is 0. The van der Waals surface area contributed by atoms with E-state index in [9.17, 15) is 0 Å². The number of thiazole rings is 1. The third-order valence-corrected chi connectivity index (χ3v) is 4.43. The van der Waals surface area contributed by atoms with Gasteiger partial charge in [0.25, 0.3) is 0 Å². The molecule has 3 aromatic rings. The summed E-state index contributed by atoms with van der Waals surface area (Å²) in [4.78, 5) is 4.74. The predicted octanol–water partition coefficient (Wildman–Crippen LogP) is 4.28. The van der Waals surface area contributed by atoms with Gasteiger partial charge < -0.3 is 0 Å². The van der Waals surface area contributed by atoms with Crippen LogP contribution in [0.5, 0.6) is 0 Å². The van der Waals surface area contributed by atoms with Crippen LogP contribution in [0.4, 0.5) is 0 Å². The molecule has 1 nitrogen and oxygen atoms in total. The van der Waals surface area contributed by atoms with Crippen molar-refractivity contribution in [1.29, 1.82) is 0 Å². The van der Waals surface area contributed by atoms with E-state index in [0.717, 1.165) is 16.9 Å². The van der Waals surface area contributed by atoms with Crippen LogP contribution in [0.25, 0.3) is 15.8 Å². The normalized spacial score (nSPS) is 13.7. The quantitative estimate of drug-likeness (QED) is 0.627. The van der Waals surface area contributed by atoms with Gasteiger partial charge in [0.05, 0.1) is 10.2 Å². The van der Waals surface area contributed by atoms with E-state index in [2.05, 4.69) is 48.5 Å². The highest BCUT2D eigenvalue weighted by Gasteiger charge is 2.17. The Bertz CT molecular complexity index is 734. The summed E-state index contributed by atoms with van der Waals surface area (Å²) in [7, 11) is 0. The topological polar surface area (TPSA) is 12.9 Å². The fourth-order valence-electron chi connectivity index (χ4n) is 2.47. The van der Waals surface area contributed by atoms with Crippen molar-refractivity contribution in [3.05, 3.63) is 70.7 Å². The number of aromatic nitrogens is 1. The van der Waals surface area contributed by atoms with Gasteiger partial charge in [0.2, 0.25) is 0 Å². The second kappa shape index (κ2) is 3.79. The lowest BCUT2D eigenvalue weighted by atomic mass is 10.1. The maximum Gasteiger partial charge on any atom is 0.124 e. The molecular formula is C16H11NS. The van der Waals surface area contributed by atoms with E-state index in [0.29, 0.717) is 0 Å². The van der Waals surface area contributed by atoms with Crippen LogP contribution in [0.15, 0.2) is 54.6 Å². The van der Waals surface area contributed by atoms with Gasteiger partial charge in [-0.05, 0) is 29.7 Å². The van der Waals surface area contributed by atoms with Crippen LogP contribution in [-0.2, 0) is 6.42 Å². The molecule has 0 unspecified atom stereocenters. The van der Waals surface area contributed by atoms with Crippen molar-refractivity contribution in [2.75, 3.05) is 0 Å². The van der Waals surface area contributed by atoms with Crippen LogP contribution in [0.1, 0.15) is 16.1 Å². The molecule has 0 atom stereocenters. The maximum atomic E-state index is 4.74. The molecule has 2 aromatic carbocycles. The van der Waals surface area contributed by atoms with E-state index in [1.54, 1.807) is 11.3 Å². The molecule has 0 saturated carbocycles. The average molecular weight is 249 g/mol. The van der Waals surface area contributed by atoms with Crippen molar-refractivity contribution in [3.8, 4) is 0 Å². The van der Waals surface area contributed by atoms with Crippen molar-refractivity contribution in [3.63, 3.8) is 0 Å². The van der Waals surface area contributed by atoms with Crippen LogP contribution in [0.3, 0.4) is 0 Å². The molecule has 1 heterocycles. The summed E-state index contributed by atoms with van der Waals surface area (Å²) >= 11 is 1.78. The van der Waals surface area contributed by atoms with Gasteiger partial charge >= 0.3 is 0 Å². The van der Waals surface area contributed by atoms with Gasteiger partial charge in [-0.25, -0.2) is 4.98 Å². The second-order valence-corrected chi connectivity index (χ2v) is 5.50. The van der Waals surface area contributed by atoms with Gasteiger partial charge in [-0.15, -0.1) is 11.3 Å². The lowest BCUT2D eigenvalue weighted by molar-refractivity contribution is 1.31. The van der Waals surface area contributed by atoms with Crippen molar-refractivity contribution >= 4 is 27.1 Å². The van der Waals surface area contributed by atoms with Gasteiger partial charge in [-0.1, -0.05) is 42.5 Å². The van der Waals surface area contributed by atoms with Crippen LogP contribution >= 0.6 is 11.3 Å². The zero-order chi connectivity index (χ0) is 11.9. The van der Waals surface area contributed by atoms with E-state index in [1.165, 1.54) is 21.4 Å². The first-order valence-corrected chi connectivity index (χ1v) is 6.88. The monoisotopic (exact) mass is 249 g/mol. The van der Waals surface area contributed by atoms with Crippen molar-refractivity contribution in [2.24, 2.45) is 0 Å². The minimum atomic E-state index is 1.03. The number of fused-ring (bicyclic) bond motifs is 2. The van der Waals surface area contributed by atoms with Crippen LogP contribution in [0.2, 0.25) is 0 Å². The molecule has 0 saturated heterocycles. The highest BCUT2D eigenvalue weighted by atomic mass is 32.1. The third kappa shape index (κ3) is 1.42. The molecule has 18 heavy (non-hydrogen) atoms. The Morgan fingerprint density at radius 1 is 0.944 bits per heavy atom. The SMILES string of the molecule is C1=C(c2nc3ccccc3s2)c2ccccc2C1. The van der Waals surface area contributed by atoms with E-state index in [1.807, 2.05) is 6.07 Å². The van der Waals surface area contributed by atoms with Gasteiger partial charge in [0, 0.05) is 5.57 Å². The molecule has 0 aliphatic heterocycles. The molecule has 4 rings (SSSR count). The lowest BCUT2D eigenvalue weighted by Crippen LogP contribution is -1.85. The first-order valence-electron chi connectivity index (χ1n) is 6.06. The molecule has 1 aromatic heterocycles. The summed E-state index contributed by atoms with van der Waals surface area (Å²) in [6, 6.07) is 16.9.